The molecule has 0 saturated heterocycles. The zero-order chi connectivity index (χ0) is 17.2. The van der Waals surface area contributed by atoms with E-state index in [1.165, 1.54) is 32.7 Å². The van der Waals surface area contributed by atoms with E-state index >= 15 is 0 Å². The van der Waals surface area contributed by atoms with Crippen LogP contribution in [0.25, 0.3) is 21.5 Å². The van der Waals surface area contributed by atoms with E-state index in [-0.39, 0.29) is 6.10 Å². The molecule has 2 unspecified atom stereocenters. The summed E-state index contributed by atoms with van der Waals surface area (Å²) in [6.45, 7) is 2.23. The van der Waals surface area contributed by atoms with Crippen LogP contribution in [0.3, 0.4) is 0 Å². The number of aliphatic hydroxyl groups excluding tert-OH is 1. The molecule has 1 aliphatic rings. The molecule has 0 amide bonds. The monoisotopic (exact) mass is 330 g/mol. The van der Waals surface area contributed by atoms with E-state index in [4.69, 9.17) is 0 Å². The van der Waals surface area contributed by atoms with Crippen molar-refractivity contribution in [1.29, 1.82) is 0 Å². The van der Waals surface area contributed by atoms with Crippen LogP contribution in [0.15, 0.2) is 77.6 Å². The Morgan fingerprint density at radius 2 is 1.60 bits per heavy atom. The Kier molecular flexibility index (Phi) is 4.29. The lowest BCUT2D eigenvalue weighted by atomic mass is 9.79. The Morgan fingerprint density at radius 1 is 0.840 bits per heavy atom. The number of furan rings is 1. The van der Waals surface area contributed by atoms with E-state index in [1.54, 1.807) is 12.5 Å². The molecule has 1 heterocycles. The van der Waals surface area contributed by atoms with Crippen molar-refractivity contribution in [1.82, 2.24) is 0 Å². The Balaban J connectivity index is 0.000000272. The summed E-state index contributed by atoms with van der Waals surface area (Å²) < 4.78 is 4.58. The molecule has 1 N–H and O–H groups in total. The molecule has 2 heteroatoms. The van der Waals surface area contributed by atoms with Gasteiger partial charge in [0.15, 0.2) is 0 Å². The molecule has 2 nitrogen and oxygen atoms in total. The Hall–Kier alpha value is -2.58. The quantitative estimate of drug-likeness (QED) is 0.421. The maximum Gasteiger partial charge on any atom is 0.0902 e. The third kappa shape index (κ3) is 3.06. The maximum atomic E-state index is 9.97. The first-order chi connectivity index (χ1) is 12.2. The van der Waals surface area contributed by atoms with E-state index in [9.17, 15) is 5.11 Å². The third-order valence-corrected chi connectivity index (χ3v) is 5.06. The fourth-order valence-electron chi connectivity index (χ4n) is 4.01. The average molecular weight is 330 g/mol. The van der Waals surface area contributed by atoms with E-state index in [0.29, 0.717) is 5.92 Å². The first kappa shape index (κ1) is 15.9. The van der Waals surface area contributed by atoms with E-state index in [2.05, 4.69) is 59.9 Å². The smallest absolute Gasteiger partial charge is 0.0902 e. The van der Waals surface area contributed by atoms with Gasteiger partial charge in [-0.05, 0) is 63.6 Å². The predicted molar refractivity (Wildman–Crippen MR) is 103 cm³/mol. The standard InChI is InChI=1S/C19H18O.C4H4O/c1-12-10-15(20)11-14-7-8-17-16-5-3-2-4-13(16)6-9-18(17)19(12)14;1-2-4-5-3-1/h2-9,12,15,20H,10-11H2,1H3;1-4H. The SMILES string of the molecule is CC1CC(O)Cc2ccc3c(ccc4ccccc43)c21.c1ccoc1. The number of benzene rings is 3. The molecule has 0 radical (unpaired) electrons. The van der Waals surface area contributed by atoms with E-state index < -0.39 is 0 Å². The van der Waals surface area contributed by atoms with Gasteiger partial charge in [0.05, 0.1) is 18.6 Å². The lowest BCUT2D eigenvalue weighted by molar-refractivity contribution is 0.149. The fourth-order valence-corrected chi connectivity index (χ4v) is 4.01. The van der Waals surface area contributed by atoms with Crippen molar-refractivity contribution in [3.8, 4) is 0 Å². The third-order valence-electron chi connectivity index (χ3n) is 5.06. The van der Waals surface area contributed by atoms with Gasteiger partial charge in [-0.1, -0.05) is 55.5 Å². The van der Waals surface area contributed by atoms with Crippen molar-refractivity contribution in [3.05, 3.63) is 84.3 Å². The summed E-state index contributed by atoms with van der Waals surface area (Å²) >= 11 is 0. The number of rotatable bonds is 0. The molecular weight excluding hydrogens is 308 g/mol. The van der Waals surface area contributed by atoms with Crippen LogP contribution in [0, 0.1) is 0 Å². The van der Waals surface area contributed by atoms with Gasteiger partial charge in [0.25, 0.3) is 0 Å². The average Bonchev–Trinajstić information content (AvgIpc) is 3.20. The largest absolute Gasteiger partial charge is 0.473 e. The number of fused-ring (bicyclic) bond motifs is 5. The molecule has 25 heavy (non-hydrogen) atoms. The van der Waals surface area contributed by atoms with Crippen LogP contribution >= 0.6 is 0 Å². The molecule has 0 bridgehead atoms. The summed E-state index contributed by atoms with van der Waals surface area (Å²) in [5.74, 6) is 0.429. The highest BCUT2D eigenvalue weighted by atomic mass is 16.3. The van der Waals surface area contributed by atoms with Crippen LogP contribution in [0.2, 0.25) is 0 Å². The summed E-state index contributed by atoms with van der Waals surface area (Å²) in [4.78, 5) is 0. The zero-order valence-electron chi connectivity index (χ0n) is 14.4. The van der Waals surface area contributed by atoms with Crippen LogP contribution in [-0.4, -0.2) is 11.2 Å². The zero-order valence-corrected chi connectivity index (χ0v) is 14.4. The molecule has 1 aliphatic carbocycles. The molecule has 3 aromatic carbocycles. The van der Waals surface area contributed by atoms with Gasteiger partial charge < -0.3 is 9.52 Å². The second kappa shape index (κ2) is 6.73. The molecule has 5 rings (SSSR count). The van der Waals surface area contributed by atoms with Gasteiger partial charge in [0.2, 0.25) is 0 Å². The van der Waals surface area contributed by atoms with Crippen molar-refractivity contribution in [2.24, 2.45) is 0 Å². The maximum absolute atomic E-state index is 9.97. The highest BCUT2D eigenvalue weighted by Gasteiger charge is 2.24. The fraction of sp³-hybridized carbons (Fsp3) is 0.217. The minimum atomic E-state index is -0.185. The Bertz CT molecular complexity index is 969. The van der Waals surface area contributed by atoms with Gasteiger partial charge in [-0.2, -0.15) is 0 Å². The van der Waals surface area contributed by atoms with Crippen LogP contribution in [0.4, 0.5) is 0 Å². The molecule has 2 atom stereocenters. The molecular formula is C23H22O2. The highest BCUT2D eigenvalue weighted by molar-refractivity contribution is 6.08. The second-order valence-electron chi connectivity index (χ2n) is 6.81. The minimum absolute atomic E-state index is 0.185. The normalized spacial score (nSPS) is 19.3. The lowest BCUT2D eigenvalue weighted by Gasteiger charge is -2.28. The molecule has 0 aliphatic heterocycles. The van der Waals surface area contributed by atoms with Crippen LogP contribution < -0.4 is 0 Å². The molecule has 0 saturated carbocycles. The van der Waals surface area contributed by atoms with E-state index in [0.717, 1.165) is 12.8 Å². The predicted octanol–water partition coefficient (Wildman–Crippen LogP) is 5.68. The van der Waals surface area contributed by atoms with Gasteiger partial charge in [0, 0.05) is 0 Å². The highest BCUT2D eigenvalue weighted by Crippen LogP contribution is 2.38. The summed E-state index contributed by atoms with van der Waals surface area (Å²) in [5.41, 5.74) is 2.76. The van der Waals surface area contributed by atoms with Gasteiger partial charge >= 0.3 is 0 Å². The van der Waals surface area contributed by atoms with Gasteiger partial charge in [0.1, 0.15) is 0 Å². The van der Waals surface area contributed by atoms with Crippen LogP contribution in [0.5, 0.6) is 0 Å². The first-order valence-corrected chi connectivity index (χ1v) is 8.82. The van der Waals surface area contributed by atoms with Crippen LogP contribution in [0.1, 0.15) is 30.4 Å². The summed E-state index contributed by atoms with van der Waals surface area (Å²) in [7, 11) is 0. The Morgan fingerprint density at radius 3 is 2.36 bits per heavy atom. The molecule has 4 aromatic rings. The summed E-state index contributed by atoms with van der Waals surface area (Å²) in [6, 6.07) is 21.1. The minimum Gasteiger partial charge on any atom is -0.473 e. The summed E-state index contributed by atoms with van der Waals surface area (Å²) in [6.07, 6.45) is 4.73. The lowest BCUT2D eigenvalue weighted by Crippen LogP contribution is -2.21. The summed E-state index contributed by atoms with van der Waals surface area (Å²) in [5, 5.41) is 15.3. The molecule has 126 valence electrons. The molecule has 0 spiro atoms. The van der Waals surface area contributed by atoms with Crippen molar-refractivity contribution in [2.45, 2.75) is 31.8 Å². The Labute approximate surface area is 147 Å². The molecule has 0 fully saturated rings. The number of aliphatic hydroxyl groups is 1. The van der Waals surface area contributed by atoms with Crippen molar-refractivity contribution < 1.29 is 9.52 Å². The number of hydrogen-bond donors (Lipinski definition) is 1. The first-order valence-electron chi connectivity index (χ1n) is 8.82. The van der Waals surface area contributed by atoms with Gasteiger partial charge in [-0.25, -0.2) is 0 Å². The van der Waals surface area contributed by atoms with Crippen molar-refractivity contribution >= 4 is 21.5 Å². The number of hydrogen-bond acceptors (Lipinski definition) is 2. The van der Waals surface area contributed by atoms with E-state index in [1.807, 2.05) is 12.1 Å². The van der Waals surface area contributed by atoms with Gasteiger partial charge in [-0.3, -0.25) is 0 Å². The van der Waals surface area contributed by atoms with Crippen LogP contribution in [-0.2, 0) is 6.42 Å². The van der Waals surface area contributed by atoms with Gasteiger partial charge in [-0.15, -0.1) is 0 Å². The molecule has 1 aromatic heterocycles. The topological polar surface area (TPSA) is 33.4 Å². The second-order valence-corrected chi connectivity index (χ2v) is 6.81. The van der Waals surface area contributed by atoms with Crippen molar-refractivity contribution in [2.75, 3.05) is 0 Å². The van der Waals surface area contributed by atoms with Crippen molar-refractivity contribution in [3.63, 3.8) is 0 Å².